The second-order valence-electron chi connectivity index (χ2n) is 4.78. The van der Waals surface area contributed by atoms with Crippen LogP contribution in [0.5, 0.6) is 0 Å². The minimum absolute atomic E-state index is 0.0378. The van der Waals surface area contributed by atoms with E-state index in [1.54, 1.807) is 6.92 Å². The second kappa shape index (κ2) is 5.84. The summed E-state index contributed by atoms with van der Waals surface area (Å²) in [6, 6.07) is -0.259. The Morgan fingerprint density at radius 1 is 1.44 bits per heavy atom. The molecule has 0 bridgehead atoms. The standard InChI is InChI=1S/C12H19NO5/c1-7(2)9-6-18-12(16)13(9)11(15)8(3)5-10(14)17-4/h7-9H,5-6H2,1-4H3/t8-,9-/m1/s1. The SMILES string of the molecule is COC(=O)C[C@@H](C)C(=O)N1C(=O)OC[C@@H]1C(C)C. The summed E-state index contributed by atoms with van der Waals surface area (Å²) in [7, 11) is 1.26. The van der Waals surface area contributed by atoms with Crippen LogP contribution >= 0.6 is 0 Å². The first-order valence-corrected chi connectivity index (χ1v) is 5.95. The fraction of sp³-hybridized carbons (Fsp3) is 0.750. The van der Waals surface area contributed by atoms with Gasteiger partial charge >= 0.3 is 12.1 Å². The maximum atomic E-state index is 12.1. The van der Waals surface area contributed by atoms with Gasteiger partial charge in [-0.2, -0.15) is 0 Å². The minimum atomic E-state index is -0.629. The lowest BCUT2D eigenvalue weighted by molar-refractivity contribution is -0.146. The number of carbonyl (C=O) groups excluding carboxylic acids is 3. The van der Waals surface area contributed by atoms with Crippen LogP contribution < -0.4 is 0 Å². The first kappa shape index (κ1) is 14.5. The molecule has 0 saturated carbocycles. The Morgan fingerprint density at radius 2 is 2.06 bits per heavy atom. The Balaban J connectivity index is 2.74. The van der Waals surface area contributed by atoms with E-state index in [-0.39, 0.29) is 30.9 Å². The van der Waals surface area contributed by atoms with Crippen LogP contribution in [-0.4, -0.2) is 42.6 Å². The maximum Gasteiger partial charge on any atom is 0.416 e. The van der Waals surface area contributed by atoms with E-state index >= 15 is 0 Å². The number of amides is 2. The van der Waals surface area contributed by atoms with Gasteiger partial charge in [0.1, 0.15) is 6.61 Å². The molecule has 0 spiro atoms. The summed E-state index contributed by atoms with van der Waals surface area (Å²) >= 11 is 0. The van der Waals surface area contributed by atoms with Gasteiger partial charge in [0.15, 0.2) is 0 Å². The topological polar surface area (TPSA) is 72.9 Å². The van der Waals surface area contributed by atoms with Crippen LogP contribution in [0.15, 0.2) is 0 Å². The lowest BCUT2D eigenvalue weighted by Gasteiger charge is -2.24. The van der Waals surface area contributed by atoms with Crippen molar-refractivity contribution in [1.82, 2.24) is 4.90 Å². The fourth-order valence-corrected chi connectivity index (χ4v) is 1.84. The third kappa shape index (κ3) is 3.00. The summed E-state index contributed by atoms with van der Waals surface area (Å²) in [6.07, 6.45) is -0.667. The second-order valence-corrected chi connectivity index (χ2v) is 4.78. The van der Waals surface area contributed by atoms with Crippen LogP contribution in [0.4, 0.5) is 4.79 Å². The quantitative estimate of drug-likeness (QED) is 0.707. The van der Waals surface area contributed by atoms with Crippen LogP contribution in [-0.2, 0) is 19.1 Å². The van der Waals surface area contributed by atoms with Gasteiger partial charge in [-0.3, -0.25) is 9.59 Å². The van der Waals surface area contributed by atoms with E-state index < -0.39 is 18.0 Å². The number of methoxy groups -OCH3 is 1. The number of hydrogen-bond acceptors (Lipinski definition) is 5. The molecule has 1 saturated heterocycles. The van der Waals surface area contributed by atoms with E-state index in [1.165, 1.54) is 7.11 Å². The summed E-state index contributed by atoms with van der Waals surface area (Å²) < 4.78 is 9.40. The van der Waals surface area contributed by atoms with Gasteiger partial charge in [0.2, 0.25) is 5.91 Å². The zero-order chi connectivity index (χ0) is 13.9. The van der Waals surface area contributed by atoms with Crippen molar-refractivity contribution in [1.29, 1.82) is 0 Å². The minimum Gasteiger partial charge on any atom is -0.469 e. The van der Waals surface area contributed by atoms with Crippen LogP contribution in [0.1, 0.15) is 27.2 Å². The summed E-state index contributed by atoms with van der Waals surface area (Å²) in [6.45, 7) is 5.64. The molecule has 6 nitrogen and oxygen atoms in total. The lowest BCUT2D eigenvalue weighted by Crippen LogP contribution is -2.44. The van der Waals surface area contributed by atoms with Gasteiger partial charge in [-0.1, -0.05) is 20.8 Å². The van der Waals surface area contributed by atoms with Crippen molar-refractivity contribution in [2.75, 3.05) is 13.7 Å². The number of ether oxygens (including phenoxy) is 2. The number of hydrogen-bond donors (Lipinski definition) is 0. The molecule has 0 aliphatic carbocycles. The van der Waals surface area contributed by atoms with Crippen molar-refractivity contribution in [2.45, 2.75) is 33.2 Å². The molecule has 0 N–H and O–H groups in total. The van der Waals surface area contributed by atoms with Crippen LogP contribution in [0, 0.1) is 11.8 Å². The number of nitrogens with zero attached hydrogens (tertiary/aromatic N) is 1. The highest BCUT2D eigenvalue weighted by molar-refractivity contribution is 5.96. The zero-order valence-electron chi connectivity index (χ0n) is 11.1. The van der Waals surface area contributed by atoms with Crippen LogP contribution in [0.3, 0.4) is 0 Å². The summed E-state index contributed by atoms with van der Waals surface area (Å²) in [5, 5.41) is 0. The molecule has 102 valence electrons. The molecular weight excluding hydrogens is 238 g/mol. The molecule has 2 amide bonds. The summed E-state index contributed by atoms with van der Waals surface area (Å²) in [5.74, 6) is -1.33. The van der Waals surface area contributed by atoms with E-state index in [0.717, 1.165) is 4.90 Å². The maximum absolute atomic E-state index is 12.1. The van der Waals surface area contributed by atoms with E-state index in [4.69, 9.17) is 4.74 Å². The van der Waals surface area contributed by atoms with Crippen molar-refractivity contribution in [3.63, 3.8) is 0 Å². The van der Waals surface area contributed by atoms with E-state index in [0.29, 0.717) is 0 Å². The molecule has 0 aromatic heterocycles. The molecule has 1 fully saturated rings. The monoisotopic (exact) mass is 257 g/mol. The molecule has 0 aromatic carbocycles. The number of carbonyl (C=O) groups is 3. The number of rotatable bonds is 4. The Labute approximate surface area is 106 Å². The van der Waals surface area contributed by atoms with Gasteiger partial charge in [0.05, 0.1) is 19.6 Å². The van der Waals surface area contributed by atoms with Gasteiger partial charge in [0.25, 0.3) is 0 Å². The highest BCUT2D eigenvalue weighted by Gasteiger charge is 2.41. The molecule has 18 heavy (non-hydrogen) atoms. The van der Waals surface area contributed by atoms with Gasteiger partial charge in [-0.15, -0.1) is 0 Å². The van der Waals surface area contributed by atoms with Crippen LogP contribution in [0.25, 0.3) is 0 Å². The number of esters is 1. The van der Waals surface area contributed by atoms with Gasteiger partial charge in [-0.25, -0.2) is 9.69 Å². The molecule has 2 atom stereocenters. The van der Waals surface area contributed by atoms with E-state index in [1.807, 2.05) is 13.8 Å². The smallest absolute Gasteiger partial charge is 0.416 e. The Kier molecular flexibility index (Phi) is 4.69. The largest absolute Gasteiger partial charge is 0.469 e. The molecule has 1 aliphatic heterocycles. The Bertz CT molecular complexity index is 352. The summed E-state index contributed by atoms with van der Waals surface area (Å²) in [4.78, 5) is 35.9. The van der Waals surface area contributed by atoms with Crippen molar-refractivity contribution in [2.24, 2.45) is 11.8 Å². The third-order valence-corrected chi connectivity index (χ3v) is 3.03. The molecule has 0 unspecified atom stereocenters. The first-order chi connectivity index (χ1) is 8.38. The molecule has 0 aromatic rings. The summed E-state index contributed by atoms with van der Waals surface area (Å²) in [5.41, 5.74) is 0. The molecular formula is C12H19NO5. The lowest BCUT2D eigenvalue weighted by atomic mass is 10.0. The average Bonchev–Trinajstić information content (AvgIpc) is 2.69. The highest BCUT2D eigenvalue weighted by atomic mass is 16.6. The number of cyclic esters (lactones) is 1. The molecule has 1 rings (SSSR count). The van der Waals surface area contributed by atoms with Crippen LogP contribution in [0.2, 0.25) is 0 Å². The van der Waals surface area contributed by atoms with E-state index in [2.05, 4.69) is 4.74 Å². The normalized spacial score (nSPS) is 20.8. The van der Waals surface area contributed by atoms with Gasteiger partial charge in [0, 0.05) is 5.92 Å². The first-order valence-electron chi connectivity index (χ1n) is 5.95. The molecule has 1 heterocycles. The predicted molar refractivity (Wildman–Crippen MR) is 62.6 cm³/mol. The third-order valence-electron chi connectivity index (χ3n) is 3.03. The predicted octanol–water partition coefficient (Wildman–Crippen LogP) is 1.19. The zero-order valence-corrected chi connectivity index (χ0v) is 11.1. The molecule has 6 heteroatoms. The molecule has 1 aliphatic rings. The fourth-order valence-electron chi connectivity index (χ4n) is 1.84. The molecule has 0 radical (unpaired) electrons. The Morgan fingerprint density at radius 3 is 2.56 bits per heavy atom. The van der Waals surface area contributed by atoms with Crippen molar-refractivity contribution in [3.05, 3.63) is 0 Å². The van der Waals surface area contributed by atoms with Crippen molar-refractivity contribution in [3.8, 4) is 0 Å². The van der Waals surface area contributed by atoms with Crippen molar-refractivity contribution < 1.29 is 23.9 Å². The van der Waals surface area contributed by atoms with Crippen molar-refractivity contribution >= 4 is 18.0 Å². The van der Waals surface area contributed by atoms with Gasteiger partial charge in [-0.05, 0) is 5.92 Å². The number of imide groups is 1. The Hall–Kier alpha value is -1.59. The average molecular weight is 257 g/mol. The highest BCUT2D eigenvalue weighted by Crippen LogP contribution is 2.22. The van der Waals surface area contributed by atoms with E-state index in [9.17, 15) is 14.4 Å². The van der Waals surface area contributed by atoms with Gasteiger partial charge < -0.3 is 9.47 Å².